The maximum Gasteiger partial charge on any atom is 0.311 e. The van der Waals surface area contributed by atoms with Crippen LogP contribution in [0.15, 0.2) is 42.7 Å². The second-order valence-electron chi connectivity index (χ2n) is 4.77. The number of hydrogen-bond acceptors (Lipinski definition) is 3. The molecule has 98 valence electrons. The van der Waals surface area contributed by atoms with E-state index in [-0.39, 0.29) is 5.92 Å². The fourth-order valence-corrected chi connectivity index (χ4v) is 2.05. The Hall–Kier alpha value is -2.23. The zero-order valence-corrected chi connectivity index (χ0v) is 10.9. The molecule has 19 heavy (non-hydrogen) atoms. The maximum absolute atomic E-state index is 11.2. The Morgan fingerprint density at radius 3 is 2.16 bits per heavy atom. The molecule has 2 rings (SSSR count). The molecule has 0 aliphatic rings. The Labute approximate surface area is 112 Å². The summed E-state index contributed by atoms with van der Waals surface area (Å²) in [6.07, 6.45) is 3.21. The molecular weight excluding hydrogens is 240 g/mol. The predicted molar refractivity (Wildman–Crippen MR) is 72.7 cm³/mol. The normalized spacial score (nSPS) is 12.4. The molecule has 0 bridgehead atoms. The van der Waals surface area contributed by atoms with Gasteiger partial charge in [0.05, 0.1) is 5.92 Å². The number of carbonyl (C=O) groups is 1. The third-order valence-corrected chi connectivity index (χ3v) is 3.00. The van der Waals surface area contributed by atoms with Gasteiger partial charge in [-0.05, 0) is 5.92 Å². The van der Waals surface area contributed by atoms with Crippen LogP contribution in [0, 0.1) is 5.92 Å². The molecule has 0 spiro atoms. The lowest BCUT2D eigenvalue weighted by atomic mass is 9.90. The summed E-state index contributed by atoms with van der Waals surface area (Å²) < 4.78 is 0. The first-order valence-corrected chi connectivity index (χ1v) is 6.19. The minimum atomic E-state index is -0.842. The highest BCUT2D eigenvalue weighted by atomic mass is 16.4. The summed E-state index contributed by atoms with van der Waals surface area (Å²) in [6.45, 7) is 3.76. The first-order valence-electron chi connectivity index (χ1n) is 6.19. The average molecular weight is 256 g/mol. The minimum Gasteiger partial charge on any atom is -0.481 e. The number of carboxylic acid groups (broad SMARTS) is 1. The highest BCUT2D eigenvalue weighted by molar-refractivity contribution is 5.76. The van der Waals surface area contributed by atoms with Crippen LogP contribution >= 0.6 is 0 Å². The predicted octanol–water partition coefficient (Wildman–Crippen LogP) is 2.97. The van der Waals surface area contributed by atoms with Gasteiger partial charge < -0.3 is 5.11 Å². The number of rotatable bonds is 4. The molecule has 1 heterocycles. The second-order valence-corrected chi connectivity index (χ2v) is 4.77. The third kappa shape index (κ3) is 2.96. The molecule has 0 unspecified atom stereocenters. The molecule has 1 N–H and O–H groups in total. The molecule has 0 amide bonds. The molecule has 1 atom stereocenters. The average Bonchev–Trinajstić information content (AvgIpc) is 2.40. The first kappa shape index (κ1) is 13.2. The Balaban J connectivity index is 2.30. The van der Waals surface area contributed by atoms with Crippen LogP contribution in [0.2, 0.25) is 0 Å². The second kappa shape index (κ2) is 5.61. The number of aliphatic carboxylic acids is 1. The van der Waals surface area contributed by atoms with E-state index in [4.69, 9.17) is 0 Å². The SMILES string of the molecule is CC(C)[C@H](C(=O)O)c1cnc(-c2ccccc2)nc1. The standard InChI is InChI=1S/C15H16N2O2/c1-10(2)13(15(18)19)12-8-16-14(17-9-12)11-6-4-3-5-7-11/h3-10,13H,1-2H3,(H,18,19)/t13-/m0/s1. The van der Waals surface area contributed by atoms with Crippen molar-refractivity contribution in [3.05, 3.63) is 48.3 Å². The summed E-state index contributed by atoms with van der Waals surface area (Å²) in [7, 11) is 0. The van der Waals surface area contributed by atoms with Crippen molar-refractivity contribution >= 4 is 5.97 Å². The lowest BCUT2D eigenvalue weighted by Crippen LogP contribution is -2.18. The van der Waals surface area contributed by atoms with E-state index in [0.717, 1.165) is 5.56 Å². The molecule has 1 aromatic carbocycles. The van der Waals surface area contributed by atoms with Gasteiger partial charge in [0.15, 0.2) is 5.82 Å². The van der Waals surface area contributed by atoms with Gasteiger partial charge in [0.25, 0.3) is 0 Å². The van der Waals surface area contributed by atoms with Gasteiger partial charge in [-0.2, -0.15) is 0 Å². The van der Waals surface area contributed by atoms with E-state index in [9.17, 15) is 9.90 Å². The molecule has 0 radical (unpaired) electrons. The van der Waals surface area contributed by atoms with Gasteiger partial charge in [-0.25, -0.2) is 9.97 Å². The van der Waals surface area contributed by atoms with Crippen molar-refractivity contribution in [2.24, 2.45) is 5.92 Å². The van der Waals surface area contributed by atoms with Crippen molar-refractivity contribution in [2.45, 2.75) is 19.8 Å². The summed E-state index contributed by atoms with van der Waals surface area (Å²) in [5.74, 6) is -0.795. The number of hydrogen-bond donors (Lipinski definition) is 1. The van der Waals surface area contributed by atoms with E-state index in [1.54, 1.807) is 12.4 Å². The molecule has 0 aliphatic heterocycles. The Kier molecular flexibility index (Phi) is 3.90. The minimum absolute atomic E-state index is 0.00340. The van der Waals surface area contributed by atoms with E-state index in [2.05, 4.69) is 9.97 Å². The van der Waals surface area contributed by atoms with Crippen LogP contribution < -0.4 is 0 Å². The van der Waals surface area contributed by atoms with E-state index >= 15 is 0 Å². The van der Waals surface area contributed by atoms with Crippen molar-refractivity contribution in [2.75, 3.05) is 0 Å². The molecule has 2 aromatic rings. The van der Waals surface area contributed by atoms with Crippen molar-refractivity contribution < 1.29 is 9.90 Å². The Morgan fingerprint density at radius 2 is 1.68 bits per heavy atom. The van der Waals surface area contributed by atoms with Gasteiger partial charge >= 0.3 is 5.97 Å². The lowest BCUT2D eigenvalue weighted by molar-refractivity contribution is -0.139. The molecule has 0 saturated heterocycles. The van der Waals surface area contributed by atoms with Gasteiger partial charge in [0.1, 0.15) is 0 Å². The van der Waals surface area contributed by atoms with Crippen LogP contribution in [0.25, 0.3) is 11.4 Å². The van der Waals surface area contributed by atoms with Crippen LogP contribution in [0.1, 0.15) is 25.3 Å². The zero-order chi connectivity index (χ0) is 13.8. The van der Waals surface area contributed by atoms with Crippen molar-refractivity contribution in [3.8, 4) is 11.4 Å². The van der Waals surface area contributed by atoms with Crippen molar-refractivity contribution in [1.82, 2.24) is 9.97 Å². The van der Waals surface area contributed by atoms with Gasteiger partial charge in [0.2, 0.25) is 0 Å². The summed E-state index contributed by atoms with van der Waals surface area (Å²) in [5, 5.41) is 9.23. The highest BCUT2D eigenvalue weighted by Crippen LogP contribution is 2.24. The molecule has 0 aliphatic carbocycles. The van der Waals surface area contributed by atoms with Crippen LogP contribution in [-0.4, -0.2) is 21.0 Å². The smallest absolute Gasteiger partial charge is 0.311 e. The number of carboxylic acids is 1. The monoisotopic (exact) mass is 256 g/mol. The lowest BCUT2D eigenvalue weighted by Gasteiger charge is -2.15. The summed E-state index contributed by atoms with van der Waals surface area (Å²) in [6, 6.07) is 9.61. The molecule has 4 heteroatoms. The van der Waals surface area contributed by atoms with Crippen LogP contribution in [-0.2, 0) is 4.79 Å². The van der Waals surface area contributed by atoms with Crippen LogP contribution in [0.5, 0.6) is 0 Å². The zero-order valence-electron chi connectivity index (χ0n) is 10.9. The van der Waals surface area contributed by atoms with Gasteiger partial charge in [-0.1, -0.05) is 44.2 Å². The van der Waals surface area contributed by atoms with Crippen LogP contribution in [0.3, 0.4) is 0 Å². The molecular formula is C15H16N2O2. The largest absolute Gasteiger partial charge is 0.481 e. The Morgan fingerprint density at radius 1 is 1.11 bits per heavy atom. The van der Waals surface area contributed by atoms with E-state index in [1.165, 1.54) is 0 Å². The van der Waals surface area contributed by atoms with Crippen molar-refractivity contribution in [3.63, 3.8) is 0 Å². The van der Waals surface area contributed by atoms with E-state index in [0.29, 0.717) is 11.4 Å². The third-order valence-electron chi connectivity index (χ3n) is 3.00. The number of aromatic nitrogens is 2. The fraction of sp³-hybridized carbons (Fsp3) is 0.267. The highest BCUT2D eigenvalue weighted by Gasteiger charge is 2.24. The molecule has 0 saturated carbocycles. The summed E-state index contributed by atoms with van der Waals surface area (Å²) in [5.41, 5.74) is 1.56. The van der Waals surface area contributed by atoms with E-state index in [1.807, 2.05) is 44.2 Å². The van der Waals surface area contributed by atoms with Gasteiger partial charge in [-0.3, -0.25) is 4.79 Å². The quantitative estimate of drug-likeness (QED) is 0.913. The number of benzene rings is 1. The first-order chi connectivity index (χ1) is 9.09. The summed E-state index contributed by atoms with van der Waals surface area (Å²) in [4.78, 5) is 19.8. The molecule has 1 aromatic heterocycles. The topological polar surface area (TPSA) is 63.1 Å². The van der Waals surface area contributed by atoms with Crippen molar-refractivity contribution in [1.29, 1.82) is 0 Å². The summed E-state index contributed by atoms with van der Waals surface area (Å²) >= 11 is 0. The van der Waals surface area contributed by atoms with Crippen LogP contribution in [0.4, 0.5) is 0 Å². The Bertz CT molecular complexity index is 550. The molecule has 4 nitrogen and oxygen atoms in total. The maximum atomic E-state index is 11.2. The van der Waals surface area contributed by atoms with E-state index < -0.39 is 11.9 Å². The fourth-order valence-electron chi connectivity index (χ4n) is 2.05. The number of nitrogens with zero attached hydrogens (tertiary/aromatic N) is 2. The van der Waals surface area contributed by atoms with Gasteiger partial charge in [0, 0.05) is 23.5 Å². The molecule has 0 fully saturated rings. The van der Waals surface area contributed by atoms with Gasteiger partial charge in [-0.15, -0.1) is 0 Å².